The molecule has 1 N–H and O–H groups in total. The summed E-state index contributed by atoms with van der Waals surface area (Å²) in [4.78, 5) is 16.5. The first-order chi connectivity index (χ1) is 9.36. The fraction of sp³-hybridized carbons (Fsp3) is 0.167. The number of aryl methyl sites for hydroxylation is 1. The molecule has 0 saturated carbocycles. The predicted octanol–water partition coefficient (Wildman–Crippen LogP) is 2.31. The van der Waals surface area contributed by atoms with E-state index < -0.39 is 9.05 Å². The predicted molar refractivity (Wildman–Crippen MR) is 77.5 cm³/mol. The highest BCUT2D eigenvalue weighted by molar-refractivity contribution is 8.15. The average Bonchev–Trinajstić information content (AvgIpc) is 2.84. The molecule has 0 unspecified atom stereocenters. The Kier molecular flexibility index (Phi) is 4.42. The highest BCUT2D eigenvalue weighted by Crippen LogP contribution is 2.24. The Morgan fingerprint density at radius 3 is 2.75 bits per heavy atom. The minimum Gasteiger partial charge on any atom is -0.347 e. The fourth-order valence-corrected chi connectivity index (χ4v) is 3.60. The summed E-state index contributed by atoms with van der Waals surface area (Å²) in [5, 5.41) is 2.70. The van der Waals surface area contributed by atoms with Crippen LogP contribution in [-0.4, -0.2) is 19.3 Å². The lowest BCUT2D eigenvalue weighted by Gasteiger charge is -2.03. The van der Waals surface area contributed by atoms with Crippen molar-refractivity contribution in [3.8, 4) is 0 Å². The molecular formula is C12H11ClN2O3S2. The molecule has 2 rings (SSSR count). The molecule has 5 nitrogen and oxygen atoms in total. The van der Waals surface area contributed by atoms with Gasteiger partial charge >= 0.3 is 0 Å². The molecule has 8 heteroatoms. The van der Waals surface area contributed by atoms with Crippen LogP contribution in [0.25, 0.3) is 0 Å². The van der Waals surface area contributed by atoms with Crippen molar-refractivity contribution >= 4 is 37.0 Å². The summed E-state index contributed by atoms with van der Waals surface area (Å²) >= 11 is 1.03. The summed E-state index contributed by atoms with van der Waals surface area (Å²) in [6.45, 7) is 2.09. The summed E-state index contributed by atoms with van der Waals surface area (Å²) in [6, 6.07) is 4.77. The van der Waals surface area contributed by atoms with Gasteiger partial charge in [0, 0.05) is 28.0 Å². The normalized spacial score (nSPS) is 11.3. The van der Waals surface area contributed by atoms with E-state index in [0.29, 0.717) is 10.4 Å². The molecule has 2 aromatic heterocycles. The quantitative estimate of drug-likeness (QED) is 0.873. The Hall–Kier alpha value is -1.44. The molecule has 106 valence electrons. The summed E-state index contributed by atoms with van der Waals surface area (Å²) in [5.41, 5.74) is 1.36. The van der Waals surface area contributed by atoms with Crippen LogP contribution >= 0.6 is 22.0 Å². The van der Waals surface area contributed by atoms with Crippen molar-refractivity contribution in [3.05, 3.63) is 46.6 Å². The van der Waals surface area contributed by atoms with Crippen LogP contribution < -0.4 is 5.32 Å². The molecule has 0 aliphatic heterocycles. The monoisotopic (exact) mass is 330 g/mol. The van der Waals surface area contributed by atoms with Gasteiger partial charge in [-0.2, -0.15) is 0 Å². The first kappa shape index (κ1) is 15.0. The van der Waals surface area contributed by atoms with E-state index in [1.54, 1.807) is 18.3 Å². The van der Waals surface area contributed by atoms with Gasteiger partial charge in [0.05, 0.1) is 12.1 Å². The van der Waals surface area contributed by atoms with Gasteiger partial charge in [-0.15, -0.1) is 11.3 Å². The highest BCUT2D eigenvalue weighted by atomic mass is 35.7. The first-order valence-corrected chi connectivity index (χ1v) is 8.72. The molecule has 0 spiro atoms. The number of rotatable bonds is 4. The number of aromatic nitrogens is 1. The van der Waals surface area contributed by atoms with Crippen molar-refractivity contribution in [2.24, 2.45) is 0 Å². The Morgan fingerprint density at radius 2 is 2.15 bits per heavy atom. The van der Waals surface area contributed by atoms with Crippen molar-refractivity contribution in [3.63, 3.8) is 0 Å². The van der Waals surface area contributed by atoms with E-state index in [0.717, 1.165) is 16.9 Å². The van der Waals surface area contributed by atoms with Gasteiger partial charge in [-0.25, -0.2) is 8.42 Å². The van der Waals surface area contributed by atoms with E-state index in [1.165, 1.54) is 12.3 Å². The van der Waals surface area contributed by atoms with Crippen LogP contribution in [0.3, 0.4) is 0 Å². The number of hydrogen-bond acceptors (Lipinski definition) is 5. The van der Waals surface area contributed by atoms with Gasteiger partial charge in [0.1, 0.15) is 4.21 Å². The van der Waals surface area contributed by atoms with E-state index in [-0.39, 0.29) is 16.7 Å². The molecule has 0 aromatic carbocycles. The van der Waals surface area contributed by atoms with Gasteiger partial charge in [0.2, 0.25) is 0 Å². The van der Waals surface area contributed by atoms with Crippen LogP contribution in [0.4, 0.5) is 0 Å². The Balaban J connectivity index is 2.02. The molecular weight excluding hydrogens is 320 g/mol. The first-order valence-electron chi connectivity index (χ1n) is 5.59. The Bertz CT molecular complexity index is 741. The van der Waals surface area contributed by atoms with Gasteiger partial charge in [-0.3, -0.25) is 9.78 Å². The van der Waals surface area contributed by atoms with Crippen LogP contribution in [0.15, 0.2) is 34.8 Å². The standard InChI is InChI=1S/C12H11ClN2O3S2/c1-8-4-9(6-14-5-8)12(16)15-7-10-2-3-11(19-10)20(13,17)18/h2-6H,7H2,1H3,(H,15,16). The Morgan fingerprint density at radius 1 is 1.40 bits per heavy atom. The van der Waals surface area contributed by atoms with Gasteiger partial charge < -0.3 is 5.32 Å². The van der Waals surface area contributed by atoms with Gasteiger partial charge in [-0.1, -0.05) is 0 Å². The van der Waals surface area contributed by atoms with Crippen molar-refractivity contribution in [2.75, 3.05) is 0 Å². The van der Waals surface area contributed by atoms with Crippen molar-refractivity contribution < 1.29 is 13.2 Å². The zero-order chi connectivity index (χ0) is 14.8. The fourth-order valence-electron chi connectivity index (χ4n) is 1.53. The molecule has 2 aromatic rings. The van der Waals surface area contributed by atoms with Crippen molar-refractivity contribution in [2.45, 2.75) is 17.7 Å². The maximum atomic E-state index is 11.9. The number of thiophene rings is 1. The second-order valence-electron chi connectivity index (χ2n) is 4.09. The summed E-state index contributed by atoms with van der Waals surface area (Å²) in [6.07, 6.45) is 3.14. The largest absolute Gasteiger partial charge is 0.347 e. The number of pyridine rings is 1. The lowest BCUT2D eigenvalue weighted by molar-refractivity contribution is 0.0951. The molecule has 0 aliphatic carbocycles. The summed E-state index contributed by atoms with van der Waals surface area (Å²) in [7, 11) is 1.52. The van der Waals surface area contributed by atoms with Gasteiger partial charge in [0.15, 0.2) is 0 Å². The number of halogens is 1. The minimum absolute atomic E-state index is 0.0700. The van der Waals surface area contributed by atoms with Crippen molar-refractivity contribution in [1.29, 1.82) is 0 Å². The zero-order valence-electron chi connectivity index (χ0n) is 10.5. The van der Waals surface area contributed by atoms with Crippen LogP contribution in [0.2, 0.25) is 0 Å². The zero-order valence-corrected chi connectivity index (χ0v) is 12.8. The molecule has 0 bridgehead atoms. The van der Waals surface area contributed by atoms with Crippen LogP contribution in [0.5, 0.6) is 0 Å². The smallest absolute Gasteiger partial charge is 0.270 e. The number of nitrogens with one attached hydrogen (secondary N) is 1. The second kappa shape index (κ2) is 5.90. The number of nitrogens with zero attached hydrogens (tertiary/aromatic N) is 1. The maximum absolute atomic E-state index is 11.9. The van der Waals surface area contributed by atoms with E-state index in [9.17, 15) is 13.2 Å². The second-order valence-corrected chi connectivity index (χ2v) is 8.05. The number of carbonyl (C=O) groups is 1. The van der Waals surface area contributed by atoms with Gasteiger partial charge in [-0.05, 0) is 30.7 Å². The molecule has 1 amide bonds. The third-order valence-corrected chi connectivity index (χ3v) is 5.62. The lowest BCUT2D eigenvalue weighted by atomic mass is 10.2. The van der Waals surface area contributed by atoms with E-state index in [4.69, 9.17) is 10.7 Å². The summed E-state index contributed by atoms with van der Waals surface area (Å²) < 4.78 is 22.3. The number of hydrogen-bond donors (Lipinski definition) is 1. The van der Waals surface area contributed by atoms with Crippen molar-refractivity contribution in [1.82, 2.24) is 10.3 Å². The molecule has 0 saturated heterocycles. The summed E-state index contributed by atoms with van der Waals surface area (Å²) in [5.74, 6) is -0.259. The topological polar surface area (TPSA) is 76.1 Å². The van der Waals surface area contributed by atoms with E-state index in [2.05, 4.69) is 10.3 Å². The minimum atomic E-state index is -3.71. The van der Waals surface area contributed by atoms with Crippen LogP contribution in [-0.2, 0) is 15.6 Å². The molecule has 0 fully saturated rings. The SMILES string of the molecule is Cc1cncc(C(=O)NCc2ccc(S(=O)(=O)Cl)s2)c1. The third-order valence-electron chi connectivity index (χ3n) is 2.44. The van der Waals surface area contributed by atoms with Gasteiger partial charge in [0.25, 0.3) is 15.0 Å². The molecule has 20 heavy (non-hydrogen) atoms. The number of carbonyl (C=O) groups excluding carboxylic acids is 1. The van der Waals surface area contributed by atoms with E-state index >= 15 is 0 Å². The van der Waals surface area contributed by atoms with Crippen LogP contribution in [0.1, 0.15) is 20.8 Å². The third kappa shape index (κ3) is 3.78. The molecule has 2 heterocycles. The average molecular weight is 331 g/mol. The lowest BCUT2D eigenvalue weighted by Crippen LogP contribution is -2.22. The molecule has 0 aliphatic rings. The Labute approximate surface area is 125 Å². The number of amides is 1. The van der Waals surface area contributed by atoms with E-state index in [1.807, 2.05) is 6.92 Å². The molecule has 0 atom stereocenters. The maximum Gasteiger partial charge on any atom is 0.270 e. The highest BCUT2D eigenvalue weighted by Gasteiger charge is 2.13. The molecule has 0 radical (unpaired) electrons. The van der Waals surface area contributed by atoms with Crippen LogP contribution in [0, 0.1) is 6.92 Å².